The van der Waals surface area contributed by atoms with E-state index in [1.807, 2.05) is 0 Å². The number of hydrazine groups is 1. The summed E-state index contributed by atoms with van der Waals surface area (Å²) in [5, 5.41) is 2.55. The molecule has 8 nitrogen and oxygen atoms in total. The van der Waals surface area contributed by atoms with Crippen LogP contribution in [0.2, 0.25) is 0 Å². The number of nitrogens with one attached hydrogen (secondary N) is 2. The van der Waals surface area contributed by atoms with E-state index in [9.17, 15) is 13.2 Å². The molecule has 18 heavy (non-hydrogen) atoms. The molecule has 0 fully saturated rings. The highest BCUT2D eigenvalue weighted by Gasteiger charge is 2.08. The minimum absolute atomic E-state index is 0.0367. The SMILES string of the molecule is CS(=O)(=O)CCCNC(=O)c1cnc(NN)cn1. The first kappa shape index (κ1) is 14.3. The second kappa shape index (κ2) is 6.26. The van der Waals surface area contributed by atoms with Crippen LogP contribution in [0.3, 0.4) is 0 Å². The van der Waals surface area contributed by atoms with E-state index in [0.29, 0.717) is 12.2 Å². The average molecular weight is 273 g/mol. The van der Waals surface area contributed by atoms with Crippen LogP contribution < -0.4 is 16.6 Å². The molecule has 0 saturated carbocycles. The zero-order valence-electron chi connectivity index (χ0n) is 9.88. The van der Waals surface area contributed by atoms with Crippen molar-refractivity contribution >= 4 is 21.6 Å². The Hall–Kier alpha value is -1.74. The summed E-state index contributed by atoms with van der Waals surface area (Å²) in [6.07, 6.45) is 4.12. The van der Waals surface area contributed by atoms with Gasteiger partial charge in [-0.05, 0) is 6.42 Å². The summed E-state index contributed by atoms with van der Waals surface area (Å²) in [6, 6.07) is 0. The smallest absolute Gasteiger partial charge is 0.271 e. The maximum atomic E-state index is 11.6. The van der Waals surface area contributed by atoms with Gasteiger partial charge in [0.1, 0.15) is 15.5 Å². The number of sulfone groups is 1. The number of rotatable bonds is 6. The van der Waals surface area contributed by atoms with Crippen molar-refractivity contribution in [3.8, 4) is 0 Å². The van der Waals surface area contributed by atoms with Gasteiger partial charge in [-0.3, -0.25) is 4.79 Å². The lowest BCUT2D eigenvalue weighted by molar-refractivity contribution is 0.0948. The molecule has 0 spiro atoms. The average Bonchev–Trinajstić information content (AvgIpc) is 2.33. The lowest BCUT2D eigenvalue weighted by Crippen LogP contribution is -2.27. The molecular formula is C9H15N5O3S. The van der Waals surface area contributed by atoms with Crippen LogP contribution in [0.1, 0.15) is 16.9 Å². The normalized spacial score (nSPS) is 11.0. The molecule has 0 radical (unpaired) electrons. The van der Waals surface area contributed by atoms with Gasteiger partial charge in [0.25, 0.3) is 5.91 Å². The van der Waals surface area contributed by atoms with Gasteiger partial charge in [0, 0.05) is 12.8 Å². The van der Waals surface area contributed by atoms with Gasteiger partial charge >= 0.3 is 0 Å². The Kier molecular flexibility index (Phi) is 4.98. The number of carbonyl (C=O) groups is 1. The number of nitrogens with zero attached hydrogens (tertiary/aromatic N) is 2. The van der Waals surface area contributed by atoms with Gasteiger partial charge in [-0.1, -0.05) is 0 Å². The summed E-state index contributed by atoms with van der Waals surface area (Å²) in [7, 11) is -3.00. The molecule has 0 aliphatic heterocycles. The molecular weight excluding hydrogens is 258 g/mol. The number of hydrogen-bond donors (Lipinski definition) is 3. The van der Waals surface area contributed by atoms with Crippen molar-refractivity contribution in [1.82, 2.24) is 15.3 Å². The van der Waals surface area contributed by atoms with Crippen molar-refractivity contribution < 1.29 is 13.2 Å². The van der Waals surface area contributed by atoms with Gasteiger partial charge in [-0.2, -0.15) is 0 Å². The van der Waals surface area contributed by atoms with Gasteiger partial charge in [0.05, 0.1) is 18.1 Å². The Labute approximate surface area is 105 Å². The molecule has 1 aromatic heterocycles. The largest absolute Gasteiger partial charge is 0.351 e. The number of anilines is 1. The fourth-order valence-electron chi connectivity index (χ4n) is 1.15. The molecule has 1 aromatic rings. The molecule has 1 amide bonds. The summed E-state index contributed by atoms with van der Waals surface area (Å²) in [6.45, 7) is 0.268. The van der Waals surface area contributed by atoms with Gasteiger partial charge in [-0.15, -0.1) is 0 Å². The van der Waals surface area contributed by atoms with Crippen molar-refractivity contribution in [3.05, 3.63) is 18.1 Å². The fourth-order valence-corrected chi connectivity index (χ4v) is 1.82. The number of hydrogen-bond acceptors (Lipinski definition) is 7. The van der Waals surface area contributed by atoms with Crippen LogP contribution in [0.25, 0.3) is 0 Å². The predicted octanol–water partition coefficient (Wildman–Crippen LogP) is -1.07. The second-order valence-electron chi connectivity index (χ2n) is 3.67. The fraction of sp³-hybridized carbons (Fsp3) is 0.444. The molecule has 1 rings (SSSR count). The van der Waals surface area contributed by atoms with Gasteiger partial charge in [0.2, 0.25) is 0 Å². The van der Waals surface area contributed by atoms with Crippen LogP contribution in [-0.4, -0.2) is 42.8 Å². The third-order valence-corrected chi connectivity index (χ3v) is 3.04. The highest BCUT2D eigenvalue weighted by atomic mass is 32.2. The molecule has 1 heterocycles. The lowest BCUT2D eigenvalue weighted by atomic mass is 10.4. The zero-order valence-corrected chi connectivity index (χ0v) is 10.7. The Morgan fingerprint density at radius 2 is 2.11 bits per heavy atom. The molecule has 0 bridgehead atoms. The van der Waals surface area contributed by atoms with Crippen molar-refractivity contribution in [2.75, 3.05) is 24.0 Å². The Balaban J connectivity index is 2.40. The summed E-state index contributed by atoms with van der Waals surface area (Å²) in [4.78, 5) is 19.2. The van der Waals surface area contributed by atoms with Crippen LogP contribution >= 0.6 is 0 Å². The van der Waals surface area contributed by atoms with E-state index in [0.717, 1.165) is 6.26 Å². The molecule has 9 heteroatoms. The first-order valence-corrected chi connectivity index (χ1v) is 7.23. The molecule has 0 aromatic carbocycles. The van der Waals surface area contributed by atoms with E-state index in [1.54, 1.807) is 0 Å². The van der Waals surface area contributed by atoms with Crippen molar-refractivity contribution in [3.63, 3.8) is 0 Å². The first-order chi connectivity index (χ1) is 8.42. The standard InChI is InChI=1S/C9H15N5O3S/c1-18(16,17)4-2-3-11-9(15)7-5-13-8(14-10)6-12-7/h5-6H,2-4,10H2,1H3,(H,11,15)(H,13,14). The maximum absolute atomic E-state index is 11.6. The van der Waals surface area contributed by atoms with Crippen LogP contribution in [0, 0.1) is 0 Å². The minimum atomic E-state index is -3.00. The van der Waals surface area contributed by atoms with E-state index in [1.165, 1.54) is 12.4 Å². The monoisotopic (exact) mass is 273 g/mol. The number of nitrogen functional groups attached to an aromatic ring is 1. The van der Waals surface area contributed by atoms with E-state index in [2.05, 4.69) is 20.7 Å². The van der Waals surface area contributed by atoms with E-state index >= 15 is 0 Å². The zero-order chi connectivity index (χ0) is 13.6. The highest BCUT2D eigenvalue weighted by molar-refractivity contribution is 7.90. The summed E-state index contributed by atoms with van der Waals surface area (Å²) in [5.74, 6) is 5.09. The van der Waals surface area contributed by atoms with Crippen molar-refractivity contribution in [2.24, 2.45) is 5.84 Å². The molecule has 0 unspecified atom stereocenters. The lowest BCUT2D eigenvalue weighted by Gasteiger charge is -2.04. The van der Waals surface area contributed by atoms with Gasteiger partial charge in [0.15, 0.2) is 5.82 Å². The quantitative estimate of drug-likeness (QED) is 0.342. The molecule has 0 atom stereocenters. The van der Waals surface area contributed by atoms with Crippen LogP contribution in [0.15, 0.2) is 12.4 Å². The summed E-state index contributed by atoms with van der Waals surface area (Å²) < 4.78 is 21.7. The Bertz CT molecular complexity index is 499. The van der Waals surface area contributed by atoms with Crippen LogP contribution in [0.4, 0.5) is 5.82 Å². The third kappa shape index (κ3) is 5.06. The van der Waals surface area contributed by atoms with E-state index in [-0.39, 0.29) is 18.0 Å². The topological polar surface area (TPSA) is 127 Å². The highest BCUT2D eigenvalue weighted by Crippen LogP contribution is 1.98. The Morgan fingerprint density at radius 3 is 2.61 bits per heavy atom. The number of nitrogens with two attached hydrogens (primary N) is 1. The molecule has 100 valence electrons. The number of amides is 1. The minimum Gasteiger partial charge on any atom is -0.351 e. The third-order valence-electron chi connectivity index (χ3n) is 2.01. The first-order valence-electron chi connectivity index (χ1n) is 5.17. The molecule has 0 saturated heterocycles. The summed E-state index contributed by atoms with van der Waals surface area (Å²) >= 11 is 0. The molecule has 0 aliphatic carbocycles. The second-order valence-corrected chi connectivity index (χ2v) is 5.93. The molecule has 4 N–H and O–H groups in total. The van der Waals surface area contributed by atoms with Crippen LogP contribution in [0.5, 0.6) is 0 Å². The van der Waals surface area contributed by atoms with Crippen molar-refractivity contribution in [2.45, 2.75) is 6.42 Å². The van der Waals surface area contributed by atoms with Crippen molar-refractivity contribution in [1.29, 1.82) is 0 Å². The predicted molar refractivity (Wildman–Crippen MR) is 66.5 cm³/mol. The number of carbonyl (C=O) groups excluding carboxylic acids is 1. The van der Waals surface area contributed by atoms with Gasteiger partial charge < -0.3 is 10.7 Å². The molecule has 0 aliphatic rings. The van der Waals surface area contributed by atoms with Gasteiger partial charge in [-0.25, -0.2) is 24.2 Å². The number of aromatic nitrogens is 2. The van der Waals surface area contributed by atoms with Crippen LogP contribution in [-0.2, 0) is 9.84 Å². The van der Waals surface area contributed by atoms with E-state index < -0.39 is 15.7 Å². The Morgan fingerprint density at radius 1 is 1.39 bits per heavy atom. The maximum Gasteiger partial charge on any atom is 0.271 e. The summed E-state index contributed by atoms with van der Waals surface area (Å²) in [5.41, 5.74) is 2.44. The van der Waals surface area contributed by atoms with E-state index in [4.69, 9.17) is 5.84 Å².